The van der Waals surface area contributed by atoms with Gasteiger partial charge >= 0.3 is 5.97 Å². The molecular formula is C11H19NO2. The minimum Gasteiger partial charge on any atom is -0.466 e. The number of hydrogen-bond donors (Lipinski definition) is 0. The fourth-order valence-corrected chi connectivity index (χ4v) is 2.75. The normalized spacial score (nSPS) is 35.6. The zero-order chi connectivity index (χ0) is 9.97. The summed E-state index contributed by atoms with van der Waals surface area (Å²) in [6, 6.07) is 0. The molecule has 0 radical (unpaired) electrons. The van der Waals surface area contributed by atoms with E-state index in [0.717, 1.165) is 12.5 Å². The van der Waals surface area contributed by atoms with Gasteiger partial charge in [0, 0.05) is 13.0 Å². The van der Waals surface area contributed by atoms with Crippen molar-refractivity contribution in [2.75, 3.05) is 26.2 Å². The van der Waals surface area contributed by atoms with Gasteiger partial charge in [-0.25, -0.2) is 0 Å². The van der Waals surface area contributed by atoms with Crippen LogP contribution in [0.3, 0.4) is 0 Å². The zero-order valence-electron chi connectivity index (χ0n) is 8.87. The SMILES string of the molecule is CCOC(=O)C[C@H]1CN2CCC1CC2. The van der Waals surface area contributed by atoms with Crippen molar-refractivity contribution in [1.82, 2.24) is 4.90 Å². The molecule has 0 aliphatic carbocycles. The van der Waals surface area contributed by atoms with E-state index in [2.05, 4.69) is 4.90 Å². The van der Waals surface area contributed by atoms with Gasteiger partial charge in [0.15, 0.2) is 0 Å². The molecule has 0 N–H and O–H groups in total. The van der Waals surface area contributed by atoms with E-state index in [-0.39, 0.29) is 5.97 Å². The second-order valence-electron chi connectivity index (χ2n) is 4.41. The molecule has 3 saturated heterocycles. The van der Waals surface area contributed by atoms with Crippen molar-refractivity contribution in [3.63, 3.8) is 0 Å². The maximum absolute atomic E-state index is 11.3. The Morgan fingerprint density at radius 1 is 1.43 bits per heavy atom. The van der Waals surface area contributed by atoms with E-state index in [0.29, 0.717) is 18.9 Å². The topological polar surface area (TPSA) is 29.5 Å². The van der Waals surface area contributed by atoms with Gasteiger partial charge in [0.05, 0.1) is 6.61 Å². The first-order chi connectivity index (χ1) is 6.79. The largest absolute Gasteiger partial charge is 0.466 e. The first kappa shape index (κ1) is 9.97. The van der Waals surface area contributed by atoms with Crippen LogP contribution in [-0.2, 0) is 9.53 Å². The predicted octanol–water partition coefficient (Wildman–Crippen LogP) is 1.28. The third-order valence-corrected chi connectivity index (χ3v) is 3.53. The number of rotatable bonds is 3. The lowest BCUT2D eigenvalue weighted by Crippen LogP contribution is -2.48. The first-order valence-corrected chi connectivity index (χ1v) is 5.67. The fraction of sp³-hybridized carbons (Fsp3) is 0.909. The summed E-state index contributed by atoms with van der Waals surface area (Å²) in [5, 5.41) is 0. The van der Waals surface area contributed by atoms with Gasteiger partial charge in [-0.05, 0) is 44.7 Å². The molecule has 0 unspecified atom stereocenters. The van der Waals surface area contributed by atoms with Crippen molar-refractivity contribution < 1.29 is 9.53 Å². The zero-order valence-corrected chi connectivity index (χ0v) is 8.87. The maximum Gasteiger partial charge on any atom is 0.306 e. The van der Waals surface area contributed by atoms with Gasteiger partial charge in [-0.15, -0.1) is 0 Å². The fourth-order valence-electron chi connectivity index (χ4n) is 2.75. The molecular weight excluding hydrogens is 178 g/mol. The molecule has 3 aliphatic heterocycles. The number of piperidine rings is 3. The van der Waals surface area contributed by atoms with Crippen molar-refractivity contribution in [3.8, 4) is 0 Å². The molecule has 3 heteroatoms. The van der Waals surface area contributed by atoms with Crippen molar-refractivity contribution in [1.29, 1.82) is 0 Å². The van der Waals surface area contributed by atoms with Crippen molar-refractivity contribution >= 4 is 5.97 Å². The monoisotopic (exact) mass is 197 g/mol. The molecule has 2 bridgehead atoms. The van der Waals surface area contributed by atoms with Crippen LogP contribution in [0.15, 0.2) is 0 Å². The van der Waals surface area contributed by atoms with Crippen LogP contribution in [0, 0.1) is 11.8 Å². The van der Waals surface area contributed by atoms with E-state index in [1.165, 1.54) is 25.9 Å². The van der Waals surface area contributed by atoms with Gasteiger partial charge in [-0.1, -0.05) is 0 Å². The van der Waals surface area contributed by atoms with E-state index in [4.69, 9.17) is 4.74 Å². The molecule has 0 aromatic heterocycles. The quantitative estimate of drug-likeness (QED) is 0.638. The molecule has 3 rings (SSSR count). The Balaban J connectivity index is 1.83. The van der Waals surface area contributed by atoms with E-state index >= 15 is 0 Å². The molecule has 0 aromatic rings. The number of esters is 1. The Labute approximate surface area is 85.4 Å². The maximum atomic E-state index is 11.3. The highest BCUT2D eigenvalue weighted by molar-refractivity contribution is 5.69. The minimum absolute atomic E-state index is 0.00810. The van der Waals surface area contributed by atoms with Gasteiger partial charge < -0.3 is 9.64 Å². The van der Waals surface area contributed by atoms with Gasteiger partial charge in [0.2, 0.25) is 0 Å². The minimum atomic E-state index is -0.00810. The number of fused-ring (bicyclic) bond motifs is 3. The molecule has 80 valence electrons. The van der Waals surface area contributed by atoms with E-state index < -0.39 is 0 Å². The van der Waals surface area contributed by atoms with Gasteiger partial charge in [-0.3, -0.25) is 4.79 Å². The van der Waals surface area contributed by atoms with Crippen molar-refractivity contribution in [2.24, 2.45) is 11.8 Å². The number of nitrogens with zero attached hydrogens (tertiary/aromatic N) is 1. The van der Waals surface area contributed by atoms with Crippen LogP contribution in [0.4, 0.5) is 0 Å². The summed E-state index contributed by atoms with van der Waals surface area (Å²) < 4.78 is 4.99. The summed E-state index contributed by atoms with van der Waals surface area (Å²) in [6.45, 7) is 5.98. The molecule has 3 heterocycles. The van der Waals surface area contributed by atoms with E-state index in [9.17, 15) is 4.79 Å². The van der Waals surface area contributed by atoms with Crippen LogP contribution >= 0.6 is 0 Å². The summed E-state index contributed by atoms with van der Waals surface area (Å²) >= 11 is 0. The Morgan fingerprint density at radius 3 is 2.64 bits per heavy atom. The molecule has 0 saturated carbocycles. The lowest BCUT2D eigenvalue weighted by Gasteiger charge is -2.44. The van der Waals surface area contributed by atoms with Gasteiger partial charge in [0.1, 0.15) is 0 Å². The van der Waals surface area contributed by atoms with Crippen molar-refractivity contribution in [3.05, 3.63) is 0 Å². The highest BCUT2D eigenvalue weighted by Crippen LogP contribution is 2.34. The molecule has 3 nitrogen and oxygen atoms in total. The third-order valence-electron chi connectivity index (χ3n) is 3.53. The molecule has 14 heavy (non-hydrogen) atoms. The summed E-state index contributed by atoms with van der Waals surface area (Å²) in [6.07, 6.45) is 3.20. The smallest absolute Gasteiger partial charge is 0.306 e. The Morgan fingerprint density at radius 2 is 2.14 bits per heavy atom. The van der Waals surface area contributed by atoms with Crippen LogP contribution in [0.2, 0.25) is 0 Å². The van der Waals surface area contributed by atoms with Crippen LogP contribution in [0.5, 0.6) is 0 Å². The van der Waals surface area contributed by atoms with Crippen LogP contribution in [0.1, 0.15) is 26.2 Å². The second kappa shape index (κ2) is 4.30. The second-order valence-corrected chi connectivity index (χ2v) is 4.41. The average molecular weight is 197 g/mol. The molecule has 3 fully saturated rings. The van der Waals surface area contributed by atoms with E-state index in [1.54, 1.807) is 0 Å². The number of carbonyl (C=O) groups excluding carboxylic acids is 1. The summed E-state index contributed by atoms with van der Waals surface area (Å²) in [5.74, 6) is 1.34. The van der Waals surface area contributed by atoms with E-state index in [1.807, 2.05) is 6.92 Å². The average Bonchev–Trinajstić information content (AvgIpc) is 2.19. The van der Waals surface area contributed by atoms with Crippen LogP contribution < -0.4 is 0 Å². The molecule has 3 aliphatic rings. The standard InChI is InChI=1S/C11H19NO2/c1-2-14-11(13)7-10-8-12-5-3-9(10)4-6-12/h9-10H,2-8H2,1H3/t10-/m0/s1. The first-order valence-electron chi connectivity index (χ1n) is 5.67. The summed E-state index contributed by atoms with van der Waals surface area (Å²) in [5.41, 5.74) is 0. The number of ether oxygens (including phenoxy) is 1. The van der Waals surface area contributed by atoms with Gasteiger partial charge in [-0.2, -0.15) is 0 Å². The third kappa shape index (κ3) is 2.08. The lowest BCUT2D eigenvalue weighted by atomic mass is 9.77. The highest BCUT2D eigenvalue weighted by Gasteiger charge is 2.35. The van der Waals surface area contributed by atoms with Gasteiger partial charge in [0.25, 0.3) is 0 Å². The Bertz CT molecular complexity index is 209. The molecule has 1 atom stereocenters. The highest BCUT2D eigenvalue weighted by atomic mass is 16.5. The summed E-state index contributed by atoms with van der Waals surface area (Å²) in [7, 11) is 0. The Hall–Kier alpha value is -0.570. The predicted molar refractivity (Wildman–Crippen MR) is 53.9 cm³/mol. The molecule has 0 aromatic carbocycles. The van der Waals surface area contributed by atoms with Crippen LogP contribution in [0.25, 0.3) is 0 Å². The molecule has 0 amide bonds. The van der Waals surface area contributed by atoms with Crippen LogP contribution in [-0.4, -0.2) is 37.1 Å². The Kier molecular flexibility index (Phi) is 3.06. The number of carbonyl (C=O) groups is 1. The molecule has 0 spiro atoms. The summed E-state index contributed by atoms with van der Waals surface area (Å²) in [4.78, 5) is 13.8. The lowest BCUT2D eigenvalue weighted by molar-refractivity contribution is -0.145. The number of hydrogen-bond acceptors (Lipinski definition) is 3. The van der Waals surface area contributed by atoms with Crippen molar-refractivity contribution in [2.45, 2.75) is 26.2 Å².